The van der Waals surface area contributed by atoms with Crippen molar-refractivity contribution in [1.82, 2.24) is 9.29 Å². The Hall–Kier alpha value is -2.48. The Balaban J connectivity index is 1.88. The van der Waals surface area contributed by atoms with Gasteiger partial charge in [-0.25, -0.2) is 8.42 Å². The van der Waals surface area contributed by atoms with Gasteiger partial charge in [0.2, 0.25) is 15.9 Å². The lowest BCUT2D eigenvalue weighted by atomic mass is 9.99. The standard InChI is InChI=1S/C23H26ClN3O3S/c1-5-27(6-2)31(29,30)22-13-17(11-12-20(22)24)26-23(28)14-19-15(3)18-9-7-8-10-21(18)25-16(19)4/h7-13H,5-6,14H2,1-4H3,(H,26,28). The molecule has 0 bridgehead atoms. The number of aryl methyl sites for hydroxylation is 2. The van der Waals surface area contributed by atoms with Crippen LogP contribution in [0.15, 0.2) is 47.4 Å². The van der Waals surface area contributed by atoms with Crippen molar-refractivity contribution in [2.45, 2.75) is 39.0 Å². The molecule has 0 saturated carbocycles. The second-order valence-corrected chi connectivity index (χ2v) is 9.59. The minimum atomic E-state index is -3.75. The van der Waals surface area contributed by atoms with Crippen molar-refractivity contribution in [2.24, 2.45) is 0 Å². The van der Waals surface area contributed by atoms with Gasteiger partial charge < -0.3 is 5.32 Å². The number of nitrogens with zero attached hydrogens (tertiary/aromatic N) is 2. The molecule has 1 N–H and O–H groups in total. The highest BCUT2D eigenvalue weighted by atomic mass is 35.5. The third kappa shape index (κ3) is 4.74. The normalized spacial score (nSPS) is 11.8. The first kappa shape index (κ1) is 23.2. The van der Waals surface area contributed by atoms with Gasteiger partial charge in [-0.05, 0) is 49.2 Å². The average Bonchev–Trinajstić information content (AvgIpc) is 2.73. The molecule has 0 radical (unpaired) electrons. The lowest BCUT2D eigenvalue weighted by Crippen LogP contribution is -2.31. The summed E-state index contributed by atoms with van der Waals surface area (Å²) in [6, 6.07) is 12.3. The Kier molecular flexibility index (Phi) is 6.99. The summed E-state index contributed by atoms with van der Waals surface area (Å²) in [7, 11) is -3.75. The molecule has 0 aliphatic carbocycles. The van der Waals surface area contributed by atoms with E-state index in [9.17, 15) is 13.2 Å². The van der Waals surface area contributed by atoms with Crippen molar-refractivity contribution < 1.29 is 13.2 Å². The Bertz CT molecular complexity index is 1240. The van der Waals surface area contributed by atoms with Crippen LogP contribution >= 0.6 is 11.6 Å². The van der Waals surface area contributed by atoms with Gasteiger partial charge >= 0.3 is 0 Å². The zero-order valence-corrected chi connectivity index (χ0v) is 19.6. The van der Waals surface area contributed by atoms with E-state index in [0.717, 1.165) is 27.7 Å². The molecule has 3 rings (SSSR count). The van der Waals surface area contributed by atoms with Crippen molar-refractivity contribution in [3.05, 3.63) is 64.3 Å². The Morgan fingerprint density at radius 1 is 1.10 bits per heavy atom. The summed E-state index contributed by atoms with van der Waals surface area (Å²) in [6.45, 7) is 8.07. The van der Waals surface area contributed by atoms with Gasteiger partial charge in [0.15, 0.2) is 0 Å². The molecule has 3 aromatic rings. The lowest BCUT2D eigenvalue weighted by Gasteiger charge is -2.20. The van der Waals surface area contributed by atoms with E-state index in [4.69, 9.17) is 11.6 Å². The van der Waals surface area contributed by atoms with Crippen molar-refractivity contribution in [2.75, 3.05) is 18.4 Å². The summed E-state index contributed by atoms with van der Waals surface area (Å²) in [5.74, 6) is -0.253. The second kappa shape index (κ2) is 9.34. The maximum atomic E-state index is 12.9. The van der Waals surface area contributed by atoms with Gasteiger partial charge in [-0.1, -0.05) is 43.6 Å². The topological polar surface area (TPSA) is 79.4 Å². The van der Waals surface area contributed by atoms with Crippen LogP contribution in [0.1, 0.15) is 30.7 Å². The van der Waals surface area contributed by atoms with Crippen molar-refractivity contribution in [1.29, 1.82) is 0 Å². The molecule has 164 valence electrons. The first-order valence-electron chi connectivity index (χ1n) is 10.1. The smallest absolute Gasteiger partial charge is 0.244 e. The Morgan fingerprint density at radius 3 is 2.45 bits per heavy atom. The second-order valence-electron chi connectivity index (χ2n) is 7.28. The lowest BCUT2D eigenvalue weighted by molar-refractivity contribution is -0.115. The quantitative estimate of drug-likeness (QED) is 0.554. The molecule has 0 aliphatic heterocycles. The highest BCUT2D eigenvalue weighted by Gasteiger charge is 2.25. The van der Waals surface area contributed by atoms with E-state index < -0.39 is 10.0 Å². The van der Waals surface area contributed by atoms with E-state index >= 15 is 0 Å². The summed E-state index contributed by atoms with van der Waals surface area (Å²) in [6.07, 6.45) is 0.135. The fraction of sp³-hybridized carbons (Fsp3) is 0.304. The van der Waals surface area contributed by atoms with E-state index in [1.807, 2.05) is 38.1 Å². The fourth-order valence-corrected chi connectivity index (χ4v) is 5.64. The number of carbonyl (C=O) groups excluding carboxylic acids is 1. The van der Waals surface area contributed by atoms with Crippen LogP contribution in [0.25, 0.3) is 10.9 Å². The third-order valence-electron chi connectivity index (χ3n) is 5.36. The molecule has 0 atom stereocenters. The first-order chi connectivity index (χ1) is 14.7. The van der Waals surface area contributed by atoms with Gasteiger partial charge in [0.1, 0.15) is 4.90 Å². The minimum Gasteiger partial charge on any atom is -0.326 e. The highest BCUT2D eigenvalue weighted by Crippen LogP contribution is 2.28. The molecular formula is C23H26ClN3O3S. The third-order valence-corrected chi connectivity index (χ3v) is 7.89. The number of pyridine rings is 1. The van der Waals surface area contributed by atoms with Crippen LogP contribution in [0, 0.1) is 13.8 Å². The molecule has 1 heterocycles. The van der Waals surface area contributed by atoms with Crippen LogP contribution < -0.4 is 5.32 Å². The number of hydrogen-bond acceptors (Lipinski definition) is 4. The van der Waals surface area contributed by atoms with E-state index in [-0.39, 0.29) is 22.2 Å². The number of rotatable bonds is 7. The van der Waals surface area contributed by atoms with Crippen molar-refractivity contribution in [3.8, 4) is 0 Å². The summed E-state index contributed by atoms with van der Waals surface area (Å²) < 4.78 is 27.1. The van der Waals surface area contributed by atoms with Gasteiger partial charge in [-0.2, -0.15) is 4.31 Å². The molecule has 0 unspecified atom stereocenters. The number of carbonyl (C=O) groups is 1. The number of nitrogens with one attached hydrogen (secondary N) is 1. The number of hydrogen-bond donors (Lipinski definition) is 1. The maximum absolute atomic E-state index is 12.9. The van der Waals surface area contributed by atoms with E-state index in [0.29, 0.717) is 18.8 Å². The van der Waals surface area contributed by atoms with Gasteiger partial charge in [0.25, 0.3) is 0 Å². The molecule has 31 heavy (non-hydrogen) atoms. The molecule has 1 amide bonds. The van der Waals surface area contributed by atoms with Gasteiger partial charge in [-0.3, -0.25) is 9.78 Å². The largest absolute Gasteiger partial charge is 0.326 e. The summed E-state index contributed by atoms with van der Waals surface area (Å²) in [4.78, 5) is 17.4. The fourth-order valence-electron chi connectivity index (χ4n) is 3.68. The average molecular weight is 460 g/mol. The monoisotopic (exact) mass is 459 g/mol. The molecular weight excluding hydrogens is 434 g/mol. The van der Waals surface area contributed by atoms with Gasteiger partial charge in [-0.15, -0.1) is 0 Å². The van der Waals surface area contributed by atoms with E-state index in [2.05, 4.69) is 10.3 Å². The number of fused-ring (bicyclic) bond motifs is 1. The van der Waals surface area contributed by atoms with Crippen LogP contribution in [-0.2, 0) is 21.2 Å². The van der Waals surface area contributed by atoms with Crippen LogP contribution in [-0.4, -0.2) is 36.7 Å². The summed E-state index contributed by atoms with van der Waals surface area (Å²) >= 11 is 6.18. The van der Waals surface area contributed by atoms with Crippen molar-refractivity contribution >= 4 is 44.1 Å². The summed E-state index contributed by atoms with van der Waals surface area (Å²) in [5.41, 5.74) is 3.95. The zero-order chi connectivity index (χ0) is 22.8. The highest BCUT2D eigenvalue weighted by molar-refractivity contribution is 7.89. The number of amides is 1. The van der Waals surface area contributed by atoms with Crippen LogP contribution in [0.2, 0.25) is 5.02 Å². The van der Waals surface area contributed by atoms with Crippen LogP contribution in [0.3, 0.4) is 0 Å². The molecule has 0 spiro atoms. The summed E-state index contributed by atoms with van der Waals surface area (Å²) in [5, 5.41) is 3.93. The Morgan fingerprint density at radius 2 is 1.77 bits per heavy atom. The predicted molar refractivity (Wildman–Crippen MR) is 125 cm³/mol. The minimum absolute atomic E-state index is 0.0181. The van der Waals surface area contributed by atoms with Gasteiger partial charge in [0.05, 0.1) is 17.0 Å². The molecule has 1 aromatic heterocycles. The van der Waals surface area contributed by atoms with Gasteiger partial charge in [0, 0.05) is 29.9 Å². The molecule has 0 aliphatic rings. The maximum Gasteiger partial charge on any atom is 0.244 e. The number of aromatic nitrogens is 1. The number of benzene rings is 2. The number of halogens is 1. The van der Waals surface area contributed by atoms with Crippen LogP contribution in [0.4, 0.5) is 5.69 Å². The molecule has 8 heteroatoms. The number of anilines is 1. The van der Waals surface area contributed by atoms with E-state index in [1.165, 1.54) is 16.4 Å². The number of sulfonamides is 1. The zero-order valence-electron chi connectivity index (χ0n) is 18.1. The SMILES string of the molecule is CCN(CC)S(=O)(=O)c1cc(NC(=O)Cc2c(C)nc3ccccc3c2C)ccc1Cl. The van der Waals surface area contributed by atoms with Crippen molar-refractivity contribution in [3.63, 3.8) is 0 Å². The van der Waals surface area contributed by atoms with Crippen LogP contribution in [0.5, 0.6) is 0 Å². The predicted octanol–water partition coefficient (Wildman–Crippen LogP) is 4.72. The van der Waals surface area contributed by atoms with E-state index in [1.54, 1.807) is 19.9 Å². The molecule has 6 nitrogen and oxygen atoms in total. The first-order valence-corrected chi connectivity index (χ1v) is 11.9. The molecule has 0 saturated heterocycles. The number of para-hydroxylation sites is 1. The Labute approximate surface area is 188 Å². The molecule has 2 aromatic carbocycles. The molecule has 0 fully saturated rings.